The molecule has 0 bridgehead atoms. The number of piperidine rings is 1. The van der Waals surface area contributed by atoms with Crippen molar-refractivity contribution in [3.8, 4) is 0 Å². The third kappa shape index (κ3) is 4.36. The molecule has 2 aliphatic heterocycles. The first-order valence-corrected chi connectivity index (χ1v) is 10.9. The van der Waals surface area contributed by atoms with Gasteiger partial charge >= 0.3 is 0 Å². The molecule has 0 radical (unpaired) electrons. The molecule has 1 aromatic heterocycles. The van der Waals surface area contributed by atoms with E-state index < -0.39 is 0 Å². The maximum atomic E-state index is 12.4. The lowest BCUT2D eigenvalue weighted by atomic mass is 9.89. The summed E-state index contributed by atoms with van der Waals surface area (Å²) in [4.78, 5) is 31.1. The number of carbonyl (C=O) groups is 2. The number of ether oxygens (including phenoxy) is 1. The molecule has 148 valence electrons. The Morgan fingerprint density at radius 3 is 2.63 bits per heavy atom. The number of thiophene rings is 1. The highest BCUT2D eigenvalue weighted by molar-refractivity contribution is 7.13. The first-order valence-electron chi connectivity index (χ1n) is 10.1. The van der Waals surface area contributed by atoms with Crippen LogP contribution >= 0.6 is 11.3 Å². The van der Waals surface area contributed by atoms with Crippen LogP contribution in [0.25, 0.3) is 0 Å². The number of nitrogens with one attached hydrogen (secondary N) is 1. The van der Waals surface area contributed by atoms with Gasteiger partial charge in [0.2, 0.25) is 5.91 Å². The Balaban J connectivity index is 1.26. The molecule has 1 N–H and O–H groups in total. The highest BCUT2D eigenvalue weighted by Gasteiger charge is 2.35. The fourth-order valence-corrected chi connectivity index (χ4v) is 5.07. The third-order valence-corrected chi connectivity index (χ3v) is 7.15. The highest BCUT2D eigenvalue weighted by Crippen LogP contribution is 2.29. The lowest BCUT2D eigenvalue weighted by Crippen LogP contribution is -2.57. The smallest absolute Gasteiger partial charge is 0.261 e. The van der Waals surface area contributed by atoms with Gasteiger partial charge < -0.3 is 19.9 Å². The van der Waals surface area contributed by atoms with E-state index >= 15 is 0 Å². The Morgan fingerprint density at radius 1 is 1.22 bits per heavy atom. The van der Waals surface area contributed by atoms with Crippen molar-refractivity contribution in [1.82, 2.24) is 15.1 Å². The summed E-state index contributed by atoms with van der Waals surface area (Å²) in [6.07, 6.45) is 6.02. The SMILES string of the molecule is Cc1ccc(C(=O)NCC2CN(C3CCN(C4CCC4)CC3)C(=O)CO2)s1. The van der Waals surface area contributed by atoms with Crippen molar-refractivity contribution in [1.29, 1.82) is 0 Å². The molecular weight excluding hydrogens is 362 g/mol. The molecule has 2 amide bonds. The molecule has 3 fully saturated rings. The molecule has 3 aliphatic rings. The number of likely N-dealkylation sites (tertiary alicyclic amines) is 1. The zero-order valence-corrected chi connectivity index (χ0v) is 16.8. The van der Waals surface area contributed by atoms with Crippen LogP contribution in [0.3, 0.4) is 0 Å². The molecule has 4 rings (SSSR count). The average molecular weight is 392 g/mol. The van der Waals surface area contributed by atoms with E-state index in [4.69, 9.17) is 4.74 Å². The summed E-state index contributed by atoms with van der Waals surface area (Å²) in [5, 5.41) is 2.96. The Morgan fingerprint density at radius 2 is 2.00 bits per heavy atom. The van der Waals surface area contributed by atoms with Crippen LogP contribution < -0.4 is 5.32 Å². The normalized spacial score (nSPS) is 25.4. The Labute approximate surface area is 164 Å². The van der Waals surface area contributed by atoms with E-state index in [9.17, 15) is 9.59 Å². The molecule has 6 nitrogen and oxygen atoms in total. The summed E-state index contributed by atoms with van der Waals surface area (Å²) >= 11 is 1.49. The average Bonchev–Trinajstić information content (AvgIpc) is 3.07. The molecule has 0 spiro atoms. The summed E-state index contributed by atoms with van der Waals surface area (Å²) in [5.74, 6) is 0.0301. The first kappa shape index (κ1) is 18.9. The molecule has 1 aliphatic carbocycles. The van der Waals surface area contributed by atoms with Crippen LogP contribution in [-0.2, 0) is 9.53 Å². The second kappa shape index (κ2) is 8.29. The minimum absolute atomic E-state index is 0.0612. The van der Waals surface area contributed by atoms with Crippen molar-refractivity contribution >= 4 is 23.2 Å². The molecule has 7 heteroatoms. The number of carbonyl (C=O) groups excluding carboxylic acids is 2. The number of nitrogens with zero attached hydrogens (tertiary/aromatic N) is 2. The lowest BCUT2D eigenvalue weighted by Gasteiger charge is -2.45. The summed E-state index contributed by atoms with van der Waals surface area (Å²) in [7, 11) is 0. The van der Waals surface area contributed by atoms with Crippen molar-refractivity contribution < 1.29 is 14.3 Å². The zero-order valence-electron chi connectivity index (χ0n) is 16.0. The van der Waals surface area contributed by atoms with Crippen molar-refractivity contribution in [2.24, 2.45) is 0 Å². The summed E-state index contributed by atoms with van der Waals surface area (Å²) in [6.45, 7) is 5.34. The standard InChI is InChI=1S/C20H29N3O3S/c1-14-5-6-18(27-14)20(25)21-11-17-12-23(19(24)13-26-17)16-7-9-22(10-8-16)15-3-2-4-15/h5-6,15-17H,2-4,7-13H2,1H3,(H,21,25). The maximum Gasteiger partial charge on any atom is 0.261 e. The largest absolute Gasteiger partial charge is 0.365 e. The molecule has 1 aromatic rings. The molecule has 1 atom stereocenters. The van der Waals surface area contributed by atoms with Crippen molar-refractivity contribution in [3.05, 3.63) is 21.9 Å². The fourth-order valence-electron chi connectivity index (χ4n) is 4.29. The van der Waals surface area contributed by atoms with Crippen LogP contribution in [0.15, 0.2) is 12.1 Å². The maximum absolute atomic E-state index is 12.4. The molecule has 1 saturated carbocycles. The molecule has 1 unspecified atom stereocenters. The van der Waals surface area contributed by atoms with E-state index in [1.165, 1.54) is 30.6 Å². The number of morpholine rings is 1. The fraction of sp³-hybridized carbons (Fsp3) is 0.700. The van der Waals surface area contributed by atoms with Crippen molar-refractivity contribution in [3.63, 3.8) is 0 Å². The number of rotatable bonds is 5. The van der Waals surface area contributed by atoms with E-state index in [-0.39, 0.29) is 24.5 Å². The molecule has 3 heterocycles. The van der Waals surface area contributed by atoms with Crippen LogP contribution in [0, 0.1) is 6.92 Å². The second-order valence-corrected chi connectivity index (χ2v) is 9.24. The topological polar surface area (TPSA) is 61.9 Å². The van der Waals surface area contributed by atoms with Gasteiger partial charge in [-0.3, -0.25) is 9.59 Å². The Kier molecular flexibility index (Phi) is 5.80. The first-order chi connectivity index (χ1) is 13.1. The van der Waals surface area contributed by atoms with Gasteiger partial charge in [0.15, 0.2) is 0 Å². The van der Waals surface area contributed by atoms with Crippen LogP contribution in [0.4, 0.5) is 0 Å². The predicted octanol–water partition coefficient (Wildman–Crippen LogP) is 2.03. The van der Waals surface area contributed by atoms with Gasteiger partial charge in [0.05, 0.1) is 11.0 Å². The van der Waals surface area contributed by atoms with E-state index in [2.05, 4.69) is 10.2 Å². The van der Waals surface area contributed by atoms with Gasteiger partial charge in [0, 0.05) is 43.1 Å². The van der Waals surface area contributed by atoms with Gasteiger partial charge in [0.1, 0.15) is 6.61 Å². The summed E-state index contributed by atoms with van der Waals surface area (Å²) in [5.41, 5.74) is 0. The van der Waals surface area contributed by atoms with E-state index in [1.807, 2.05) is 24.0 Å². The zero-order chi connectivity index (χ0) is 18.8. The van der Waals surface area contributed by atoms with E-state index in [1.54, 1.807) is 0 Å². The van der Waals surface area contributed by atoms with Crippen LogP contribution in [-0.4, -0.2) is 72.6 Å². The van der Waals surface area contributed by atoms with Gasteiger partial charge in [-0.1, -0.05) is 6.42 Å². The predicted molar refractivity (Wildman–Crippen MR) is 105 cm³/mol. The van der Waals surface area contributed by atoms with Gasteiger partial charge in [-0.15, -0.1) is 11.3 Å². The number of amides is 2. The van der Waals surface area contributed by atoms with Crippen LogP contribution in [0.2, 0.25) is 0 Å². The van der Waals surface area contributed by atoms with Gasteiger partial charge in [-0.2, -0.15) is 0 Å². The quantitative estimate of drug-likeness (QED) is 0.834. The number of hydrogen-bond acceptors (Lipinski definition) is 5. The van der Waals surface area contributed by atoms with Gasteiger partial charge in [-0.25, -0.2) is 0 Å². The molecule has 2 saturated heterocycles. The molecule has 27 heavy (non-hydrogen) atoms. The Bertz CT molecular complexity index is 680. The minimum atomic E-state index is -0.127. The number of aryl methyl sites for hydroxylation is 1. The van der Waals surface area contributed by atoms with Crippen LogP contribution in [0.1, 0.15) is 46.7 Å². The lowest BCUT2D eigenvalue weighted by molar-refractivity contribution is -0.153. The number of hydrogen-bond donors (Lipinski definition) is 1. The third-order valence-electron chi connectivity index (χ3n) is 6.15. The molecular formula is C20H29N3O3S. The van der Waals surface area contributed by atoms with Crippen molar-refractivity contribution in [2.75, 3.05) is 32.8 Å². The van der Waals surface area contributed by atoms with Gasteiger partial charge in [0.25, 0.3) is 5.91 Å². The second-order valence-electron chi connectivity index (χ2n) is 7.95. The minimum Gasteiger partial charge on any atom is -0.365 e. The Hall–Kier alpha value is -1.44. The van der Waals surface area contributed by atoms with Gasteiger partial charge in [-0.05, 0) is 44.7 Å². The van der Waals surface area contributed by atoms with E-state index in [0.717, 1.165) is 41.7 Å². The molecule has 0 aromatic carbocycles. The summed E-state index contributed by atoms with van der Waals surface area (Å²) < 4.78 is 5.68. The van der Waals surface area contributed by atoms with E-state index in [0.29, 0.717) is 19.1 Å². The summed E-state index contributed by atoms with van der Waals surface area (Å²) in [6, 6.07) is 4.90. The highest BCUT2D eigenvalue weighted by atomic mass is 32.1. The van der Waals surface area contributed by atoms with Crippen molar-refractivity contribution in [2.45, 2.75) is 57.2 Å². The monoisotopic (exact) mass is 391 g/mol. The van der Waals surface area contributed by atoms with Crippen LogP contribution in [0.5, 0.6) is 0 Å².